The fraction of sp³-hybridized carbons (Fsp3) is 0.250. The van der Waals surface area contributed by atoms with E-state index in [2.05, 4.69) is 20.6 Å². The van der Waals surface area contributed by atoms with E-state index in [-0.39, 0.29) is 17.9 Å². The smallest absolute Gasteiger partial charge is 0.321 e. The average molecular weight is 363 g/mol. The van der Waals surface area contributed by atoms with E-state index >= 15 is 0 Å². The number of imidazole rings is 1. The number of hydrogen-bond donors (Lipinski definition) is 3. The maximum atomic E-state index is 12.6. The van der Waals surface area contributed by atoms with Crippen LogP contribution in [0.4, 0.5) is 16.4 Å². The highest BCUT2D eigenvalue weighted by Crippen LogP contribution is 2.20. The van der Waals surface area contributed by atoms with Crippen LogP contribution in [-0.2, 0) is 4.79 Å². The van der Waals surface area contributed by atoms with Gasteiger partial charge in [0.25, 0.3) is 0 Å². The topological polar surface area (TPSA) is 90.1 Å². The van der Waals surface area contributed by atoms with Crippen molar-refractivity contribution >= 4 is 34.6 Å². The number of aromatic nitrogens is 2. The predicted octanol–water partition coefficient (Wildman–Crippen LogP) is 3.45. The quantitative estimate of drug-likeness (QED) is 0.666. The Morgan fingerprint density at radius 2 is 1.81 bits per heavy atom. The van der Waals surface area contributed by atoms with Gasteiger partial charge in [0.1, 0.15) is 0 Å². The van der Waals surface area contributed by atoms with Crippen LogP contribution in [0.1, 0.15) is 12.8 Å². The molecule has 0 bridgehead atoms. The van der Waals surface area contributed by atoms with E-state index in [1.54, 1.807) is 4.90 Å². The summed E-state index contributed by atoms with van der Waals surface area (Å²) in [4.78, 5) is 34.3. The third kappa shape index (κ3) is 3.92. The summed E-state index contributed by atoms with van der Waals surface area (Å²) >= 11 is 0. The molecule has 1 atom stereocenters. The highest BCUT2D eigenvalue weighted by Gasteiger charge is 2.29. The van der Waals surface area contributed by atoms with Gasteiger partial charge in [-0.05, 0) is 37.1 Å². The number of H-pyrrole nitrogens is 1. The molecule has 27 heavy (non-hydrogen) atoms. The van der Waals surface area contributed by atoms with Gasteiger partial charge >= 0.3 is 6.03 Å². The Labute approximate surface area is 156 Å². The third-order valence-electron chi connectivity index (χ3n) is 4.74. The minimum Gasteiger partial charge on any atom is -0.324 e. The first-order valence-electron chi connectivity index (χ1n) is 9.05. The largest absolute Gasteiger partial charge is 0.324 e. The molecule has 4 rings (SSSR count). The number of carbonyl (C=O) groups is 2. The summed E-state index contributed by atoms with van der Waals surface area (Å²) < 4.78 is 0. The number of hydrogen-bond acceptors (Lipinski definition) is 3. The number of rotatable bonds is 3. The number of nitrogens with one attached hydrogen (secondary N) is 3. The molecule has 7 heteroatoms. The van der Waals surface area contributed by atoms with Crippen LogP contribution in [0.2, 0.25) is 0 Å². The molecular formula is C20H21N5O2. The van der Waals surface area contributed by atoms with Crippen molar-refractivity contribution in [2.75, 3.05) is 23.7 Å². The summed E-state index contributed by atoms with van der Waals surface area (Å²) in [6.45, 7) is 1.04. The van der Waals surface area contributed by atoms with E-state index in [0.29, 0.717) is 19.0 Å². The summed E-state index contributed by atoms with van der Waals surface area (Å²) in [6, 6.07) is 16.8. The molecule has 1 aliphatic heterocycles. The highest BCUT2D eigenvalue weighted by atomic mass is 16.2. The monoisotopic (exact) mass is 363 g/mol. The normalized spacial score (nSPS) is 16.9. The predicted molar refractivity (Wildman–Crippen MR) is 104 cm³/mol. The van der Waals surface area contributed by atoms with E-state index < -0.39 is 0 Å². The van der Waals surface area contributed by atoms with Gasteiger partial charge in [-0.25, -0.2) is 9.78 Å². The molecule has 1 unspecified atom stereocenters. The van der Waals surface area contributed by atoms with E-state index in [4.69, 9.17) is 0 Å². The number of aromatic amines is 1. The molecule has 1 fully saturated rings. The van der Waals surface area contributed by atoms with E-state index in [0.717, 1.165) is 29.6 Å². The second-order valence-corrected chi connectivity index (χ2v) is 6.67. The molecule has 0 radical (unpaired) electrons. The minimum atomic E-state index is -0.256. The fourth-order valence-corrected chi connectivity index (χ4v) is 3.33. The lowest BCUT2D eigenvalue weighted by Gasteiger charge is -2.31. The Morgan fingerprint density at radius 3 is 2.63 bits per heavy atom. The molecule has 138 valence electrons. The standard InChI is InChI=1S/C20H21N5O2/c26-18(24-19-22-16-10-4-5-11-17(16)23-19)14-7-6-12-25(13-14)20(27)21-15-8-2-1-3-9-15/h1-5,8-11,14H,6-7,12-13H2,(H,21,27)(H2,22,23,24,26). The Bertz CT molecular complexity index is 920. The molecular weight excluding hydrogens is 342 g/mol. The molecule has 3 N–H and O–H groups in total. The Balaban J connectivity index is 1.38. The van der Waals surface area contributed by atoms with E-state index in [9.17, 15) is 9.59 Å². The van der Waals surface area contributed by atoms with Gasteiger partial charge in [-0.15, -0.1) is 0 Å². The van der Waals surface area contributed by atoms with Gasteiger partial charge < -0.3 is 15.2 Å². The fourth-order valence-electron chi connectivity index (χ4n) is 3.33. The van der Waals surface area contributed by atoms with Gasteiger partial charge in [0.15, 0.2) is 0 Å². The summed E-state index contributed by atoms with van der Waals surface area (Å²) in [5, 5.41) is 5.72. The van der Waals surface area contributed by atoms with E-state index in [1.807, 2.05) is 54.6 Å². The van der Waals surface area contributed by atoms with Crippen molar-refractivity contribution < 1.29 is 9.59 Å². The summed E-state index contributed by atoms with van der Waals surface area (Å²) in [7, 11) is 0. The van der Waals surface area contributed by atoms with Gasteiger partial charge in [0.2, 0.25) is 11.9 Å². The Hall–Kier alpha value is -3.35. The van der Waals surface area contributed by atoms with Crippen molar-refractivity contribution in [2.45, 2.75) is 12.8 Å². The number of likely N-dealkylation sites (tertiary alicyclic amines) is 1. The summed E-state index contributed by atoms with van der Waals surface area (Å²) in [5.74, 6) is 0.0619. The number of para-hydroxylation sites is 3. The first kappa shape index (κ1) is 17.1. The number of amides is 3. The molecule has 1 saturated heterocycles. The van der Waals surface area contributed by atoms with Gasteiger partial charge in [0.05, 0.1) is 17.0 Å². The SMILES string of the molecule is O=C(Nc1nc2ccccc2[nH]1)C1CCCN(C(=O)Nc2ccccc2)C1. The van der Waals surface area contributed by atoms with Crippen molar-refractivity contribution in [1.82, 2.24) is 14.9 Å². The molecule has 7 nitrogen and oxygen atoms in total. The van der Waals surface area contributed by atoms with Crippen LogP contribution in [-0.4, -0.2) is 39.9 Å². The maximum Gasteiger partial charge on any atom is 0.321 e. The highest BCUT2D eigenvalue weighted by molar-refractivity contribution is 5.94. The van der Waals surface area contributed by atoms with Crippen LogP contribution in [0.3, 0.4) is 0 Å². The average Bonchev–Trinajstić information content (AvgIpc) is 3.11. The van der Waals surface area contributed by atoms with Crippen molar-refractivity contribution in [1.29, 1.82) is 0 Å². The number of nitrogens with zero attached hydrogens (tertiary/aromatic N) is 2. The zero-order valence-electron chi connectivity index (χ0n) is 14.8. The number of carbonyl (C=O) groups excluding carboxylic acids is 2. The molecule has 0 spiro atoms. The van der Waals surface area contributed by atoms with Gasteiger partial charge in [-0.1, -0.05) is 30.3 Å². The molecule has 2 aromatic carbocycles. The van der Waals surface area contributed by atoms with Gasteiger partial charge in [-0.3, -0.25) is 10.1 Å². The number of benzene rings is 2. The zero-order valence-corrected chi connectivity index (χ0v) is 14.8. The van der Waals surface area contributed by atoms with Crippen molar-refractivity contribution in [3.8, 4) is 0 Å². The van der Waals surface area contributed by atoms with Gasteiger partial charge in [-0.2, -0.15) is 0 Å². The molecule has 1 aliphatic rings. The molecule has 3 aromatic rings. The number of fused-ring (bicyclic) bond motifs is 1. The van der Waals surface area contributed by atoms with Crippen LogP contribution >= 0.6 is 0 Å². The molecule has 0 saturated carbocycles. The molecule has 2 heterocycles. The Morgan fingerprint density at radius 1 is 1.04 bits per heavy atom. The molecule has 1 aromatic heterocycles. The van der Waals surface area contributed by atoms with Crippen LogP contribution in [0.5, 0.6) is 0 Å². The second-order valence-electron chi connectivity index (χ2n) is 6.67. The summed E-state index contributed by atoms with van der Waals surface area (Å²) in [5.41, 5.74) is 2.43. The van der Waals surface area contributed by atoms with Crippen molar-refractivity contribution in [3.05, 3.63) is 54.6 Å². The third-order valence-corrected chi connectivity index (χ3v) is 4.74. The summed E-state index contributed by atoms with van der Waals surface area (Å²) in [6.07, 6.45) is 1.54. The number of piperidine rings is 1. The number of urea groups is 1. The van der Waals surface area contributed by atoms with Gasteiger partial charge in [0, 0.05) is 18.8 Å². The number of anilines is 2. The van der Waals surface area contributed by atoms with Crippen LogP contribution < -0.4 is 10.6 Å². The lowest BCUT2D eigenvalue weighted by atomic mass is 9.97. The second kappa shape index (κ2) is 7.49. The van der Waals surface area contributed by atoms with Crippen molar-refractivity contribution in [2.24, 2.45) is 5.92 Å². The lowest BCUT2D eigenvalue weighted by Crippen LogP contribution is -2.45. The molecule has 3 amide bonds. The van der Waals surface area contributed by atoms with E-state index in [1.165, 1.54) is 0 Å². The lowest BCUT2D eigenvalue weighted by molar-refractivity contribution is -0.121. The maximum absolute atomic E-state index is 12.6. The Kier molecular flexibility index (Phi) is 4.74. The first-order valence-corrected chi connectivity index (χ1v) is 9.05. The van der Waals surface area contributed by atoms with Crippen molar-refractivity contribution in [3.63, 3.8) is 0 Å². The van der Waals surface area contributed by atoms with Crippen LogP contribution in [0.25, 0.3) is 11.0 Å². The first-order chi connectivity index (χ1) is 13.2. The molecule has 0 aliphatic carbocycles. The van der Waals surface area contributed by atoms with Crippen LogP contribution in [0, 0.1) is 5.92 Å². The van der Waals surface area contributed by atoms with Crippen LogP contribution in [0.15, 0.2) is 54.6 Å². The minimum absolute atomic E-state index is 0.119. The zero-order chi connectivity index (χ0) is 18.6.